The molecule has 7 nitrogen and oxygen atoms in total. The zero-order chi connectivity index (χ0) is 17.4. The SMILES string of the molecule is O=NC1CCN(C(=O)c2nc(-c3cnn4ccccc34)c(Cl)s2)CC1. The molecule has 0 radical (unpaired) electrons. The first-order valence-corrected chi connectivity index (χ1v) is 9.07. The number of pyridine rings is 1. The van der Waals surface area contributed by atoms with E-state index in [4.69, 9.17) is 11.6 Å². The zero-order valence-electron chi connectivity index (χ0n) is 13.1. The summed E-state index contributed by atoms with van der Waals surface area (Å²) in [6.45, 7) is 1.02. The fourth-order valence-corrected chi connectivity index (χ4v) is 4.12. The summed E-state index contributed by atoms with van der Waals surface area (Å²) in [4.78, 5) is 29.5. The maximum Gasteiger partial charge on any atom is 0.282 e. The molecule has 1 aliphatic heterocycles. The Morgan fingerprint density at radius 3 is 2.88 bits per heavy atom. The second-order valence-corrected chi connectivity index (χ2v) is 7.46. The maximum atomic E-state index is 12.7. The number of fused-ring (bicyclic) bond motifs is 1. The zero-order valence-corrected chi connectivity index (χ0v) is 14.7. The Kier molecular flexibility index (Phi) is 4.22. The second kappa shape index (κ2) is 6.53. The average Bonchev–Trinajstić information content (AvgIpc) is 3.24. The number of carbonyl (C=O) groups excluding carboxylic acids is 1. The first kappa shape index (κ1) is 16.2. The number of nitrogens with zero attached hydrogens (tertiary/aromatic N) is 5. The van der Waals surface area contributed by atoms with Gasteiger partial charge in [0.1, 0.15) is 10.0 Å². The molecule has 0 bridgehead atoms. The predicted molar refractivity (Wildman–Crippen MR) is 96.0 cm³/mol. The number of halogens is 1. The molecule has 0 aliphatic carbocycles. The van der Waals surface area contributed by atoms with Gasteiger partial charge < -0.3 is 4.90 Å². The van der Waals surface area contributed by atoms with Crippen LogP contribution in [0.15, 0.2) is 35.8 Å². The Labute approximate surface area is 152 Å². The van der Waals surface area contributed by atoms with Gasteiger partial charge in [-0.15, -0.1) is 0 Å². The van der Waals surface area contributed by atoms with Crippen LogP contribution >= 0.6 is 22.9 Å². The average molecular weight is 376 g/mol. The highest BCUT2D eigenvalue weighted by Crippen LogP contribution is 2.35. The minimum Gasteiger partial charge on any atom is -0.336 e. The largest absolute Gasteiger partial charge is 0.336 e. The number of thiazole rings is 1. The van der Waals surface area contributed by atoms with Crippen LogP contribution in [0.1, 0.15) is 22.6 Å². The Balaban J connectivity index is 1.62. The van der Waals surface area contributed by atoms with Gasteiger partial charge in [-0.05, 0) is 25.0 Å². The first-order valence-electron chi connectivity index (χ1n) is 7.88. The number of aromatic nitrogens is 3. The molecule has 25 heavy (non-hydrogen) atoms. The molecule has 0 saturated carbocycles. The van der Waals surface area contributed by atoms with Crippen molar-refractivity contribution in [3.8, 4) is 11.3 Å². The number of likely N-dealkylation sites (tertiary alicyclic amines) is 1. The number of amides is 1. The molecule has 1 amide bonds. The molecule has 0 N–H and O–H groups in total. The molecule has 1 fully saturated rings. The molecule has 0 aromatic carbocycles. The Hall–Kier alpha value is -2.32. The van der Waals surface area contributed by atoms with Gasteiger partial charge >= 0.3 is 0 Å². The summed E-state index contributed by atoms with van der Waals surface area (Å²) < 4.78 is 2.20. The van der Waals surface area contributed by atoms with Crippen molar-refractivity contribution in [2.45, 2.75) is 18.9 Å². The van der Waals surface area contributed by atoms with Gasteiger partial charge in [-0.25, -0.2) is 9.50 Å². The van der Waals surface area contributed by atoms with Gasteiger partial charge in [-0.2, -0.15) is 10.0 Å². The van der Waals surface area contributed by atoms with Crippen LogP contribution < -0.4 is 0 Å². The summed E-state index contributed by atoms with van der Waals surface area (Å²) in [6, 6.07) is 5.53. The van der Waals surface area contributed by atoms with Crippen molar-refractivity contribution in [3.63, 3.8) is 0 Å². The fourth-order valence-electron chi connectivity index (χ4n) is 2.99. The first-order chi connectivity index (χ1) is 12.2. The Morgan fingerprint density at radius 2 is 2.12 bits per heavy atom. The third-order valence-corrected chi connectivity index (χ3v) is 5.59. The van der Waals surface area contributed by atoms with E-state index in [9.17, 15) is 9.70 Å². The lowest BCUT2D eigenvalue weighted by Crippen LogP contribution is -2.39. The minimum atomic E-state index is -0.196. The third-order valence-electron chi connectivity index (χ3n) is 4.35. The lowest BCUT2D eigenvalue weighted by Gasteiger charge is -2.28. The molecule has 3 aromatic heterocycles. The summed E-state index contributed by atoms with van der Waals surface area (Å²) in [5.41, 5.74) is 2.25. The van der Waals surface area contributed by atoms with Gasteiger partial charge in [0.25, 0.3) is 5.91 Å². The van der Waals surface area contributed by atoms with Crippen molar-refractivity contribution >= 4 is 34.4 Å². The third kappa shape index (κ3) is 2.91. The van der Waals surface area contributed by atoms with Crippen LogP contribution in [0.25, 0.3) is 16.8 Å². The Bertz CT molecular complexity index is 945. The monoisotopic (exact) mass is 375 g/mol. The van der Waals surface area contributed by atoms with Crippen LogP contribution in [0.5, 0.6) is 0 Å². The maximum absolute atomic E-state index is 12.7. The second-order valence-electron chi connectivity index (χ2n) is 5.86. The van der Waals surface area contributed by atoms with Crippen LogP contribution in [0, 0.1) is 4.91 Å². The lowest BCUT2D eigenvalue weighted by atomic mass is 10.1. The van der Waals surface area contributed by atoms with Crippen molar-refractivity contribution in [2.75, 3.05) is 13.1 Å². The van der Waals surface area contributed by atoms with Crippen LogP contribution in [0.2, 0.25) is 4.34 Å². The smallest absolute Gasteiger partial charge is 0.282 e. The van der Waals surface area contributed by atoms with E-state index in [1.54, 1.807) is 15.6 Å². The molecular formula is C16H14ClN5O2S. The normalized spacial score (nSPS) is 15.6. The van der Waals surface area contributed by atoms with E-state index >= 15 is 0 Å². The number of hydrogen-bond acceptors (Lipinski definition) is 6. The van der Waals surface area contributed by atoms with Crippen LogP contribution in [0.4, 0.5) is 0 Å². The quantitative estimate of drug-likeness (QED) is 0.656. The van der Waals surface area contributed by atoms with E-state index in [1.807, 2.05) is 24.4 Å². The number of hydrogen-bond donors (Lipinski definition) is 0. The van der Waals surface area contributed by atoms with E-state index in [0.29, 0.717) is 41.0 Å². The predicted octanol–water partition coefficient (Wildman–Crippen LogP) is 3.48. The van der Waals surface area contributed by atoms with E-state index < -0.39 is 0 Å². The summed E-state index contributed by atoms with van der Waals surface area (Å²) in [5, 5.41) is 7.70. The minimum absolute atomic E-state index is 0.154. The van der Waals surface area contributed by atoms with Crippen molar-refractivity contribution < 1.29 is 4.79 Å². The number of piperidine rings is 1. The highest BCUT2D eigenvalue weighted by atomic mass is 35.5. The summed E-state index contributed by atoms with van der Waals surface area (Å²) in [5.74, 6) is -0.154. The fraction of sp³-hybridized carbons (Fsp3) is 0.312. The molecule has 0 unspecified atom stereocenters. The van der Waals surface area contributed by atoms with Crippen molar-refractivity contribution in [1.29, 1.82) is 0 Å². The number of rotatable bonds is 3. The number of carbonyl (C=O) groups is 1. The van der Waals surface area contributed by atoms with E-state index in [2.05, 4.69) is 15.3 Å². The van der Waals surface area contributed by atoms with E-state index in [-0.39, 0.29) is 11.9 Å². The molecular weight excluding hydrogens is 362 g/mol. The topological polar surface area (TPSA) is 79.9 Å². The number of nitroso groups, excluding NO2 is 1. The lowest BCUT2D eigenvalue weighted by molar-refractivity contribution is 0.0714. The Morgan fingerprint density at radius 1 is 1.32 bits per heavy atom. The summed E-state index contributed by atoms with van der Waals surface area (Å²) >= 11 is 7.53. The molecule has 4 heterocycles. The molecule has 1 saturated heterocycles. The van der Waals surface area contributed by atoms with Crippen molar-refractivity contribution in [1.82, 2.24) is 19.5 Å². The van der Waals surface area contributed by atoms with Crippen LogP contribution in [-0.2, 0) is 0 Å². The molecule has 0 spiro atoms. The molecule has 9 heteroatoms. The summed E-state index contributed by atoms with van der Waals surface area (Å²) in [7, 11) is 0. The molecule has 0 atom stereocenters. The standard InChI is InChI=1S/C16H14ClN5O2S/c17-14-13(11-9-18-22-6-2-1-3-12(11)22)19-15(25-14)16(23)21-7-4-10(20-24)5-8-21/h1-3,6,9-10H,4-5,7-8H2. The highest BCUT2D eigenvalue weighted by molar-refractivity contribution is 7.18. The summed E-state index contributed by atoms with van der Waals surface area (Å²) in [6.07, 6.45) is 4.73. The van der Waals surface area contributed by atoms with Gasteiger partial charge in [-0.1, -0.05) is 34.2 Å². The molecule has 128 valence electrons. The van der Waals surface area contributed by atoms with E-state index in [1.165, 1.54) is 11.3 Å². The highest BCUT2D eigenvalue weighted by Gasteiger charge is 2.27. The van der Waals surface area contributed by atoms with Gasteiger partial charge in [-0.3, -0.25) is 4.79 Å². The van der Waals surface area contributed by atoms with Gasteiger partial charge in [0, 0.05) is 24.8 Å². The van der Waals surface area contributed by atoms with E-state index in [0.717, 1.165) is 11.1 Å². The van der Waals surface area contributed by atoms with Gasteiger partial charge in [0.15, 0.2) is 5.01 Å². The molecule has 3 aromatic rings. The molecule has 1 aliphatic rings. The molecule has 4 rings (SSSR count). The van der Waals surface area contributed by atoms with Crippen LogP contribution in [0.3, 0.4) is 0 Å². The van der Waals surface area contributed by atoms with Gasteiger partial charge in [0.2, 0.25) is 0 Å². The van der Waals surface area contributed by atoms with Gasteiger partial charge in [0.05, 0.1) is 17.8 Å². The van der Waals surface area contributed by atoms with Crippen molar-refractivity contribution in [2.24, 2.45) is 5.18 Å². The van der Waals surface area contributed by atoms with Crippen LogP contribution in [-0.4, -0.2) is 44.5 Å². The van der Waals surface area contributed by atoms with Crippen molar-refractivity contribution in [3.05, 3.63) is 44.8 Å².